The fraction of sp³-hybridized carbons (Fsp3) is 0.333. The molecule has 2 aromatic rings. The summed E-state index contributed by atoms with van der Waals surface area (Å²) in [6.07, 6.45) is -3.75. The highest BCUT2D eigenvalue weighted by atomic mass is 32.2. The maximum atomic E-state index is 12.6. The van der Waals surface area contributed by atoms with Crippen LogP contribution in [-0.4, -0.2) is 25.8 Å². The van der Waals surface area contributed by atoms with E-state index in [1.54, 1.807) is 11.3 Å². The topological polar surface area (TPSA) is 37.4 Å². The largest absolute Gasteiger partial charge is 0.416 e. The Balaban J connectivity index is 1.79. The van der Waals surface area contributed by atoms with Crippen LogP contribution >= 0.6 is 11.3 Å². The lowest BCUT2D eigenvalue weighted by atomic mass is 10.1. The molecule has 0 spiro atoms. The van der Waals surface area contributed by atoms with Crippen molar-refractivity contribution in [3.05, 3.63) is 52.2 Å². The fourth-order valence-corrected chi connectivity index (χ4v) is 5.02. The summed E-state index contributed by atoms with van der Waals surface area (Å²) < 4.78 is 64.2. The van der Waals surface area contributed by atoms with Gasteiger partial charge in [0, 0.05) is 23.9 Å². The predicted molar refractivity (Wildman–Crippen MR) is 81.9 cm³/mol. The number of hydrogen-bond acceptors (Lipinski definition) is 3. The molecule has 0 bridgehead atoms. The van der Waals surface area contributed by atoms with E-state index >= 15 is 0 Å². The van der Waals surface area contributed by atoms with Crippen molar-refractivity contribution >= 4 is 21.4 Å². The molecular formula is C15H14F3NO2S2. The minimum atomic E-state index is -4.47. The van der Waals surface area contributed by atoms with Crippen LogP contribution in [0.1, 0.15) is 22.8 Å². The molecular weight excluding hydrogens is 347 g/mol. The zero-order chi connectivity index (χ0) is 16.7. The van der Waals surface area contributed by atoms with Gasteiger partial charge in [-0.3, -0.25) is 0 Å². The first kappa shape index (κ1) is 16.5. The number of sulfonamides is 1. The van der Waals surface area contributed by atoms with Gasteiger partial charge in [0.15, 0.2) is 0 Å². The van der Waals surface area contributed by atoms with Gasteiger partial charge in [0.2, 0.25) is 10.0 Å². The van der Waals surface area contributed by atoms with Crippen LogP contribution in [0.15, 0.2) is 46.7 Å². The summed E-state index contributed by atoms with van der Waals surface area (Å²) in [6, 6.07) is 7.56. The number of nitrogens with zero attached hydrogens (tertiary/aromatic N) is 1. The summed E-state index contributed by atoms with van der Waals surface area (Å²) in [5.74, 6) is 0.152. The van der Waals surface area contributed by atoms with Crippen molar-refractivity contribution in [2.45, 2.75) is 23.4 Å². The van der Waals surface area contributed by atoms with Gasteiger partial charge in [0.05, 0.1) is 10.5 Å². The molecule has 1 aromatic heterocycles. The third kappa shape index (κ3) is 3.29. The summed E-state index contributed by atoms with van der Waals surface area (Å²) in [4.78, 5) is 1.03. The van der Waals surface area contributed by atoms with Crippen LogP contribution in [0.4, 0.5) is 13.2 Å². The molecule has 0 aliphatic carbocycles. The van der Waals surface area contributed by atoms with Gasteiger partial charge in [-0.05, 0) is 42.1 Å². The number of halogens is 3. The lowest BCUT2D eigenvalue weighted by molar-refractivity contribution is -0.137. The van der Waals surface area contributed by atoms with E-state index in [9.17, 15) is 21.6 Å². The molecule has 2 heterocycles. The molecule has 0 radical (unpaired) electrons. The van der Waals surface area contributed by atoms with Gasteiger partial charge >= 0.3 is 6.18 Å². The molecule has 0 amide bonds. The van der Waals surface area contributed by atoms with Crippen molar-refractivity contribution in [1.82, 2.24) is 4.31 Å². The van der Waals surface area contributed by atoms with E-state index in [-0.39, 0.29) is 10.8 Å². The summed E-state index contributed by atoms with van der Waals surface area (Å²) in [6.45, 7) is 0.746. The van der Waals surface area contributed by atoms with E-state index in [1.165, 1.54) is 4.31 Å². The highest BCUT2D eigenvalue weighted by Gasteiger charge is 2.35. The molecule has 1 unspecified atom stereocenters. The van der Waals surface area contributed by atoms with Gasteiger partial charge in [-0.1, -0.05) is 6.07 Å². The fourth-order valence-electron chi connectivity index (χ4n) is 2.67. The summed E-state index contributed by atoms with van der Waals surface area (Å²) in [5, 5.41) is 1.95. The summed E-state index contributed by atoms with van der Waals surface area (Å²) in [5.41, 5.74) is -0.852. The zero-order valence-corrected chi connectivity index (χ0v) is 13.6. The smallest absolute Gasteiger partial charge is 0.207 e. The molecule has 1 fully saturated rings. The zero-order valence-electron chi connectivity index (χ0n) is 12.0. The Morgan fingerprint density at radius 3 is 2.39 bits per heavy atom. The molecule has 0 N–H and O–H groups in total. The molecule has 1 aliphatic heterocycles. The van der Waals surface area contributed by atoms with E-state index in [1.807, 2.05) is 17.5 Å². The molecule has 0 saturated carbocycles. The lowest BCUT2D eigenvalue weighted by Gasteiger charge is -2.17. The number of rotatable bonds is 3. The van der Waals surface area contributed by atoms with Crippen LogP contribution in [0.3, 0.4) is 0 Å². The van der Waals surface area contributed by atoms with Crippen molar-refractivity contribution in [3.8, 4) is 0 Å². The van der Waals surface area contributed by atoms with Crippen molar-refractivity contribution in [2.75, 3.05) is 13.1 Å². The number of thiophene rings is 1. The van der Waals surface area contributed by atoms with Crippen LogP contribution in [-0.2, 0) is 16.2 Å². The van der Waals surface area contributed by atoms with Gasteiger partial charge in [0.1, 0.15) is 0 Å². The minimum Gasteiger partial charge on any atom is -0.207 e. The van der Waals surface area contributed by atoms with Gasteiger partial charge in [-0.15, -0.1) is 11.3 Å². The quantitative estimate of drug-likeness (QED) is 0.830. The molecule has 23 heavy (non-hydrogen) atoms. The number of benzene rings is 1. The van der Waals surface area contributed by atoms with E-state index in [0.717, 1.165) is 35.6 Å². The van der Waals surface area contributed by atoms with E-state index in [4.69, 9.17) is 0 Å². The maximum Gasteiger partial charge on any atom is 0.416 e. The average molecular weight is 361 g/mol. The first-order valence-corrected chi connectivity index (χ1v) is 9.31. The summed E-state index contributed by atoms with van der Waals surface area (Å²) >= 11 is 1.59. The molecule has 1 saturated heterocycles. The molecule has 1 aliphatic rings. The normalized spacial score (nSPS) is 20.0. The standard InChI is InChI=1S/C15H14F3NO2S2/c16-15(17,18)12-3-5-13(6-4-12)23(20,21)19-8-7-11(10-19)14-2-1-9-22-14/h1-6,9,11H,7-8,10H2. The van der Waals surface area contributed by atoms with Gasteiger partial charge in [-0.2, -0.15) is 17.5 Å². The Labute approximate surface area is 136 Å². The van der Waals surface area contributed by atoms with Crippen LogP contribution < -0.4 is 0 Å². The Hall–Kier alpha value is -1.38. The van der Waals surface area contributed by atoms with E-state index in [2.05, 4.69) is 0 Å². The van der Waals surface area contributed by atoms with Crippen molar-refractivity contribution < 1.29 is 21.6 Å². The second-order valence-electron chi connectivity index (χ2n) is 5.39. The molecule has 8 heteroatoms. The van der Waals surface area contributed by atoms with E-state index in [0.29, 0.717) is 13.1 Å². The van der Waals surface area contributed by atoms with Crippen LogP contribution in [0.2, 0.25) is 0 Å². The molecule has 1 aromatic carbocycles. The third-order valence-electron chi connectivity index (χ3n) is 3.92. The SMILES string of the molecule is O=S(=O)(c1ccc(C(F)(F)F)cc1)N1CCC(c2cccs2)C1. The first-order valence-electron chi connectivity index (χ1n) is 6.99. The lowest BCUT2D eigenvalue weighted by Crippen LogP contribution is -2.28. The third-order valence-corrected chi connectivity index (χ3v) is 6.83. The van der Waals surface area contributed by atoms with Crippen LogP contribution in [0, 0.1) is 0 Å². The second kappa shape index (κ2) is 5.92. The number of alkyl halides is 3. The summed E-state index contributed by atoms with van der Waals surface area (Å²) in [7, 11) is -3.75. The van der Waals surface area contributed by atoms with Gasteiger partial charge in [0.25, 0.3) is 0 Å². The molecule has 3 nitrogen and oxygen atoms in total. The van der Waals surface area contributed by atoms with Crippen molar-refractivity contribution in [1.29, 1.82) is 0 Å². The molecule has 124 valence electrons. The van der Waals surface area contributed by atoms with E-state index < -0.39 is 21.8 Å². The van der Waals surface area contributed by atoms with Crippen LogP contribution in [0.5, 0.6) is 0 Å². The Bertz CT molecular complexity index is 768. The van der Waals surface area contributed by atoms with Crippen LogP contribution in [0.25, 0.3) is 0 Å². The Morgan fingerprint density at radius 1 is 1.13 bits per heavy atom. The average Bonchev–Trinajstić information content (AvgIpc) is 3.17. The second-order valence-corrected chi connectivity index (χ2v) is 8.30. The van der Waals surface area contributed by atoms with Crippen molar-refractivity contribution in [2.24, 2.45) is 0 Å². The van der Waals surface area contributed by atoms with Gasteiger partial charge < -0.3 is 0 Å². The Kier molecular flexibility index (Phi) is 4.24. The van der Waals surface area contributed by atoms with Gasteiger partial charge in [-0.25, -0.2) is 8.42 Å². The number of hydrogen-bond donors (Lipinski definition) is 0. The highest BCUT2D eigenvalue weighted by molar-refractivity contribution is 7.89. The molecule has 3 rings (SSSR count). The maximum absolute atomic E-state index is 12.6. The first-order chi connectivity index (χ1) is 10.8. The minimum absolute atomic E-state index is 0.0997. The Morgan fingerprint density at radius 2 is 1.83 bits per heavy atom. The monoisotopic (exact) mass is 361 g/mol. The molecule has 1 atom stereocenters. The highest BCUT2D eigenvalue weighted by Crippen LogP contribution is 2.34. The van der Waals surface area contributed by atoms with Crippen molar-refractivity contribution in [3.63, 3.8) is 0 Å². The predicted octanol–water partition coefficient (Wildman–Crippen LogP) is 3.95.